The van der Waals surface area contributed by atoms with E-state index in [1.54, 1.807) is 12.4 Å². The molecule has 6 heteroatoms. The molecule has 0 aliphatic carbocycles. The van der Waals surface area contributed by atoms with Crippen LogP contribution in [0.15, 0.2) is 48.8 Å². The molecule has 4 nitrogen and oxygen atoms in total. The number of hydrogen-bond donors (Lipinski definition) is 1. The van der Waals surface area contributed by atoms with Crippen LogP contribution in [0.3, 0.4) is 0 Å². The zero-order valence-corrected chi connectivity index (χ0v) is 11.5. The van der Waals surface area contributed by atoms with Crippen molar-refractivity contribution in [2.24, 2.45) is 0 Å². The number of nitrogen functional groups attached to an aromatic ring is 1. The molecule has 0 spiro atoms. The van der Waals surface area contributed by atoms with Crippen molar-refractivity contribution in [1.82, 2.24) is 15.0 Å². The Labute approximate surface area is 122 Å². The van der Waals surface area contributed by atoms with Crippen LogP contribution in [-0.4, -0.2) is 15.0 Å². The van der Waals surface area contributed by atoms with Crippen LogP contribution in [-0.2, 0) is 0 Å². The van der Waals surface area contributed by atoms with E-state index in [1.807, 2.05) is 36.4 Å². The molecule has 19 heavy (non-hydrogen) atoms. The van der Waals surface area contributed by atoms with Crippen LogP contribution >= 0.6 is 24.8 Å². The Morgan fingerprint density at radius 2 is 1.53 bits per heavy atom. The van der Waals surface area contributed by atoms with E-state index < -0.39 is 0 Å². The van der Waals surface area contributed by atoms with Crippen LogP contribution in [0.25, 0.3) is 22.3 Å². The van der Waals surface area contributed by atoms with Crippen LogP contribution in [0.2, 0.25) is 0 Å². The largest absolute Gasteiger partial charge is 0.383 e. The van der Waals surface area contributed by atoms with Crippen molar-refractivity contribution >= 4 is 41.5 Å². The van der Waals surface area contributed by atoms with Crippen molar-refractivity contribution in [3.63, 3.8) is 0 Å². The summed E-state index contributed by atoms with van der Waals surface area (Å²) in [6, 6.07) is 11.4. The lowest BCUT2D eigenvalue weighted by Crippen LogP contribution is -1.97. The molecule has 0 saturated heterocycles. The second-order valence-electron chi connectivity index (χ2n) is 3.69. The second-order valence-corrected chi connectivity index (χ2v) is 3.69. The Morgan fingerprint density at radius 1 is 0.842 bits per heavy atom. The van der Waals surface area contributed by atoms with Gasteiger partial charge in [-0.15, -0.1) is 24.8 Å². The Morgan fingerprint density at radius 3 is 2.26 bits per heavy atom. The van der Waals surface area contributed by atoms with E-state index in [0.29, 0.717) is 11.6 Å². The van der Waals surface area contributed by atoms with Crippen LogP contribution in [0.1, 0.15) is 0 Å². The van der Waals surface area contributed by atoms with Gasteiger partial charge in [-0.3, -0.25) is 4.98 Å². The van der Waals surface area contributed by atoms with Crippen molar-refractivity contribution in [1.29, 1.82) is 0 Å². The van der Waals surface area contributed by atoms with Gasteiger partial charge >= 0.3 is 0 Å². The summed E-state index contributed by atoms with van der Waals surface area (Å²) in [6.45, 7) is 0. The number of nitrogens with two attached hydrogens (primary N) is 1. The first kappa shape index (κ1) is 15.1. The molecule has 0 amide bonds. The van der Waals surface area contributed by atoms with Gasteiger partial charge in [-0.25, -0.2) is 9.97 Å². The van der Waals surface area contributed by atoms with Crippen molar-refractivity contribution in [2.45, 2.75) is 0 Å². The topological polar surface area (TPSA) is 64.7 Å². The first-order valence-electron chi connectivity index (χ1n) is 5.27. The van der Waals surface area contributed by atoms with Gasteiger partial charge in [0.2, 0.25) is 0 Å². The van der Waals surface area contributed by atoms with E-state index in [0.717, 1.165) is 16.5 Å². The number of para-hydroxylation sites is 1. The van der Waals surface area contributed by atoms with Crippen molar-refractivity contribution in [3.05, 3.63) is 48.8 Å². The molecule has 3 rings (SSSR count). The number of pyridine rings is 1. The number of aromatic nitrogens is 3. The zero-order valence-electron chi connectivity index (χ0n) is 9.85. The molecule has 0 aliphatic rings. The third-order valence-electron chi connectivity index (χ3n) is 2.57. The van der Waals surface area contributed by atoms with Crippen LogP contribution < -0.4 is 5.73 Å². The highest BCUT2D eigenvalue weighted by Gasteiger charge is 2.05. The summed E-state index contributed by atoms with van der Waals surface area (Å²) in [6.07, 6.45) is 3.42. The number of halogens is 2. The fraction of sp³-hybridized carbons (Fsp3) is 0. The lowest BCUT2D eigenvalue weighted by Gasteiger charge is -2.04. The number of nitrogens with zero attached hydrogens (tertiary/aromatic N) is 3. The molecule has 1 aromatic carbocycles. The molecular formula is C13H12Cl2N4. The van der Waals surface area contributed by atoms with Crippen molar-refractivity contribution in [3.8, 4) is 11.4 Å². The highest BCUT2D eigenvalue weighted by molar-refractivity contribution is 5.89. The van der Waals surface area contributed by atoms with Gasteiger partial charge in [-0.1, -0.05) is 12.1 Å². The number of fused-ring (bicyclic) bond motifs is 1. The monoisotopic (exact) mass is 294 g/mol. The minimum absolute atomic E-state index is 0. The predicted octanol–water partition coefficient (Wildman–Crippen LogP) is 3.12. The van der Waals surface area contributed by atoms with Crippen LogP contribution in [0, 0.1) is 0 Å². The summed E-state index contributed by atoms with van der Waals surface area (Å²) in [5, 5.41) is 0.880. The van der Waals surface area contributed by atoms with Gasteiger partial charge in [0.05, 0.1) is 5.52 Å². The molecule has 3 aromatic rings. The van der Waals surface area contributed by atoms with E-state index >= 15 is 0 Å². The summed E-state index contributed by atoms with van der Waals surface area (Å²) in [4.78, 5) is 12.8. The predicted molar refractivity (Wildman–Crippen MR) is 81.7 cm³/mol. The van der Waals surface area contributed by atoms with E-state index in [4.69, 9.17) is 5.73 Å². The fourth-order valence-corrected chi connectivity index (χ4v) is 1.73. The first-order valence-corrected chi connectivity index (χ1v) is 5.27. The highest BCUT2D eigenvalue weighted by atomic mass is 35.5. The molecule has 0 aliphatic heterocycles. The van der Waals surface area contributed by atoms with Gasteiger partial charge in [0.15, 0.2) is 5.82 Å². The molecular weight excluding hydrogens is 283 g/mol. The molecule has 0 bridgehead atoms. The zero-order chi connectivity index (χ0) is 11.7. The van der Waals surface area contributed by atoms with E-state index in [9.17, 15) is 0 Å². The third kappa shape index (κ3) is 2.92. The quantitative estimate of drug-likeness (QED) is 0.749. The standard InChI is InChI=1S/C13H10N4.2ClH/c14-12-10-3-1-2-4-11(10)16-13(17-12)9-5-7-15-8-6-9;;/h1-8H,(H2,14,16,17);2*1H. The van der Waals surface area contributed by atoms with Crippen molar-refractivity contribution < 1.29 is 0 Å². The minimum atomic E-state index is 0. The summed E-state index contributed by atoms with van der Waals surface area (Å²) in [7, 11) is 0. The van der Waals surface area contributed by atoms with Gasteiger partial charge in [0.1, 0.15) is 5.82 Å². The molecule has 98 valence electrons. The second kappa shape index (κ2) is 6.31. The van der Waals surface area contributed by atoms with Gasteiger partial charge in [-0.2, -0.15) is 0 Å². The average molecular weight is 295 g/mol. The maximum atomic E-state index is 5.93. The molecule has 2 heterocycles. The van der Waals surface area contributed by atoms with Gasteiger partial charge in [-0.05, 0) is 24.3 Å². The average Bonchev–Trinajstić information content (AvgIpc) is 2.40. The summed E-state index contributed by atoms with van der Waals surface area (Å²) in [5.74, 6) is 1.13. The van der Waals surface area contributed by atoms with Crippen molar-refractivity contribution in [2.75, 3.05) is 5.73 Å². The maximum absolute atomic E-state index is 5.93. The summed E-state index contributed by atoms with van der Waals surface area (Å²) < 4.78 is 0. The lowest BCUT2D eigenvalue weighted by atomic mass is 10.2. The first-order chi connectivity index (χ1) is 8.34. The molecule has 2 N–H and O–H groups in total. The van der Waals surface area contributed by atoms with Gasteiger partial charge in [0.25, 0.3) is 0 Å². The number of hydrogen-bond acceptors (Lipinski definition) is 4. The summed E-state index contributed by atoms with van der Waals surface area (Å²) in [5.41, 5.74) is 7.70. The van der Waals surface area contributed by atoms with E-state index in [-0.39, 0.29) is 24.8 Å². The van der Waals surface area contributed by atoms with E-state index in [2.05, 4.69) is 15.0 Å². The third-order valence-corrected chi connectivity index (χ3v) is 2.57. The van der Waals surface area contributed by atoms with Crippen LogP contribution in [0.4, 0.5) is 5.82 Å². The normalized spacial score (nSPS) is 9.47. The molecule has 0 unspecified atom stereocenters. The Bertz CT molecular complexity index is 674. The van der Waals surface area contributed by atoms with Gasteiger partial charge < -0.3 is 5.73 Å². The molecule has 0 fully saturated rings. The minimum Gasteiger partial charge on any atom is -0.383 e. The van der Waals surface area contributed by atoms with E-state index in [1.165, 1.54) is 0 Å². The Kier molecular flexibility index (Phi) is 5.03. The Balaban J connectivity index is 0.000000902. The number of benzene rings is 1. The smallest absolute Gasteiger partial charge is 0.162 e. The number of anilines is 1. The summed E-state index contributed by atoms with van der Waals surface area (Å²) >= 11 is 0. The van der Waals surface area contributed by atoms with Gasteiger partial charge in [0, 0.05) is 23.3 Å². The molecule has 0 radical (unpaired) electrons. The highest BCUT2D eigenvalue weighted by Crippen LogP contribution is 2.22. The lowest BCUT2D eigenvalue weighted by molar-refractivity contribution is 1.22. The molecule has 0 saturated carbocycles. The fourth-order valence-electron chi connectivity index (χ4n) is 1.73. The number of rotatable bonds is 1. The Hall–Kier alpha value is -1.91. The SMILES string of the molecule is Cl.Cl.Nc1nc(-c2ccncc2)nc2ccccc12. The molecule has 2 aromatic heterocycles. The van der Waals surface area contributed by atoms with Crippen LogP contribution in [0.5, 0.6) is 0 Å². The molecule has 0 atom stereocenters. The maximum Gasteiger partial charge on any atom is 0.162 e.